The summed E-state index contributed by atoms with van der Waals surface area (Å²) < 4.78 is 0. The van der Waals surface area contributed by atoms with Gasteiger partial charge in [0.05, 0.1) is 0 Å². The molecular formula is C9H17N. The molecule has 0 radical (unpaired) electrons. The van der Waals surface area contributed by atoms with Crippen LogP contribution < -0.4 is 5.73 Å². The molecule has 1 spiro atoms. The van der Waals surface area contributed by atoms with E-state index in [9.17, 15) is 0 Å². The Morgan fingerprint density at radius 1 is 1.30 bits per heavy atom. The molecule has 0 amide bonds. The second-order valence-electron chi connectivity index (χ2n) is 4.52. The van der Waals surface area contributed by atoms with Crippen LogP contribution in [0.5, 0.6) is 0 Å². The van der Waals surface area contributed by atoms with E-state index in [1.807, 2.05) is 0 Å². The fourth-order valence-electron chi connectivity index (χ4n) is 3.08. The van der Waals surface area contributed by atoms with Crippen LogP contribution >= 0.6 is 0 Å². The molecule has 0 unspecified atom stereocenters. The van der Waals surface area contributed by atoms with Crippen molar-refractivity contribution in [2.75, 3.05) is 6.54 Å². The quantitative estimate of drug-likeness (QED) is 0.588. The van der Waals surface area contributed by atoms with E-state index in [-0.39, 0.29) is 0 Å². The van der Waals surface area contributed by atoms with Gasteiger partial charge in [0.15, 0.2) is 0 Å². The van der Waals surface area contributed by atoms with Gasteiger partial charge in [-0.2, -0.15) is 0 Å². The lowest BCUT2D eigenvalue weighted by Crippen LogP contribution is -2.48. The van der Waals surface area contributed by atoms with Crippen LogP contribution in [-0.4, -0.2) is 6.54 Å². The molecule has 1 heteroatoms. The third-order valence-corrected chi connectivity index (χ3v) is 3.34. The van der Waals surface area contributed by atoms with Crippen LogP contribution in [0.25, 0.3) is 0 Å². The molecule has 1 nitrogen and oxygen atoms in total. The predicted molar refractivity (Wildman–Crippen MR) is 42.6 cm³/mol. The zero-order valence-electron chi connectivity index (χ0n) is 6.77. The lowest BCUT2D eigenvalue weighted by molar-refractivity contribution is -0.0581. The smallest absolute Gasteiger partial charge is 0.00485 e. The number of hydrogen-bond acceptors (Lipinski definition) is 1. The van der Waals surface area contributed by atoms with Crippen LogP contribution in [0.2, 0.25) is 0 Å². The van der Waals surface area contributed by atoms with Gasteiger partial charge in [0, 0.05) is 0 Å². The predicted octanol–water partition coefficient (Wildman–Crippen LogP) is 1.77. The lowest BCUT2D eigenvalue weighted by atomic mass is 9.48. The molecule has 2 N–H and O–H groups in total. The van der Waals surface area contributed by atoms with Gasteiger partial charge in [-0.05, 0) is 49.5 Å². The van der Waals surface area contributed by atoms with Gasteiger partial charge in [0.25, 0.3) is 0 Å². The summed E-state index contributed by atoms with van der Waals surface area (Å²) in [4.78, 5) is 0. The van der Waals surface area contributed by atoms with Gasteiger partial charge < -0.3 is 5.73 Å². The molecule has 0 aromatic carbocycles. The number of rotatable bonds is 1. The van der Waals surface area contributed by atoms with Gasteiger partial charge in [-0.1, -0.05) is 6.92 Å². The first-order chi connectivity index (χ1) is 4.74. The zero-order chi connectivity index (χ0) is 7.19. The van der Waals surface area contributed by atoms with E-state index in [1.54, 1.807) is 0 Å². The van der Waals surface area contributed by atoms with Crippen LogP contribution in [0.15, 0.2) is 0 Å². The van der Waals surface area contributed by atoms with E-state index in [2.05, 4.69) is 6.92 Å². The second kappa shape index (κ2) is 1.97. The van der Waals surface area contributed by atoms with E-state index < -0.39 is 0 Å². The molecule has 0 aromatic rings. The lowest BCUT2D eigenvalue weighted by Gasteiger charge is -2.57. The molecule has 0 saturated heterocycles. The van der Waals surface area contributed by atoms with E-state index in [4.69, 9.17) is 5.73 Å². The first kappa shape index (κ1) is 6.66. The molecule has 0 atom stereocenters. The Morgan fingerprint density at radius 3 is 2.30 bits per heavy atom. The largest absolute Gasteiger partial charge is 0.330 e. The SMILES string of the molecule is CC1CC2(C1)CC(CN)C2. The normalized spacial score (nSPS) is 52.2. The topological polar surface area (TPSA) is 26.0 Å². The van der Waals surface area contributed by atoms with Crippen LogP contribution in [0.4, 0.5) is 0 Å². The fraction of sp³-hybridized carbons (Fsp3) is 1.00. The molecule has 2 fully saturated rings. The minimum atomic E-state index is 0.809. The summed E-state index contributed by atoms with van der Waals surface area (Å²) in [5.41, 5.74) is 6.38. The van der Waals surface area contributed by atoms with Crippen molar-refractivity contribution in [3.63, 3.8) is 0 Å². The minimum Gasteiger partial charge on any atom is -0.330 e. The molecular weight excluding hydrogens is 122 g/mol. The molecule has 10 heavy (non-hydrogen) atoms. The summed E-state index contributed by atoms with van der Waals surface area (Å²) in [6.07, 6.45) is 5.86. The van der Waals surface area contributed by atoms with Crippen molar-refractivity contribution >= 4 is 0 Å². The highest BCUT2D eigenvalue weighted by atomic mass is 14.6. The third kappa shape index (κ3) is 0.800. The first-order valence-electron chi connectivity index (χ1n) is 4.44. The number of nitrogens with two attached hydrogens (primary N) is 1. The maximum Gasteiger partial charge on any atom is -0.00485 e. The van der Waals surface area contributed by atoms with Gasteiger partial charge in [-0.3, -0.25) is 0 Å². The molecule has 2 rings (SSSR count). The van der Waals surface area contributed by atoms with Crippen molar-refractivity contribution in [3.8, 4) is 0 Å². The van der Waals surface area contributed by atoms with E-state index in [0.717, 1.165) is 23.8 Å². The molecule has 2 aliphatic rings. The van der Waals surface area contributed by atoms with Crippen molar-refractivity contribution < 1.29 is 0 Å². The van der Waals surface area contributed by atoms with Gasteiger partial charge in [-0.25, -0.2) is 0 Å². The number of hydrogen-bond donors (Lipinski definition) is 1. The average molecular weight is 139 g/mol. The van der Waals surface area contributed by atoms with Crippen LogP contribution in [0.1, 0.15) is 32.6 Å². The summed E-state index contributed by atoms with van der Waals surface area (Å²) in [5, 5.41) is 0. The van der Waals surface area contributed by atoms with Gasteiger partial charge >= 0.3 is 0 Å². The molecule has 0 heterocycles. The standard InChI is InChI=1S/C9H17N/c1-7-2-9(3-7)4-8(5-9)6-10/h7-8H,2-6,10H2,1H3. The maximum absolute atomic E-state index is 5.57. The highest BCUT2D eigenvalue weighted by molar-refractivity contribution is 5.01. The van der Waals surface area contributed by atoms with E-state index in [0.29, 0.717) is 0 Å². The molecule has 2 saturated carbocycles. The minimum absolute atomic E-state index is 0.809. The summed E-state index contributed by atoms with van der Waals surface area (Å²) in [7, 11) is 0. The van der Waals surface area contributed by atoms with E-state index in [1.165, 1.54) is 25.7 Å². The van der Waals surface area contributed by atoms with Crippen molar-refractivity contribution in [3.05, 3.63) is 0 Å². The monoisotopic (exact) mass is 139 g/mol. The summed E-state index contributed by atoms with van der Waals surface area (Å²) in [5.74, 6) is 1.89. The van der Waals surface area contributed by atoms with Crippen LogP contribution in [0.3, 0.4) is 0 Å². The highest BCUT2D eigenvalue weighted by Gasteiger charge is 2.50. The first-order valence-corrected chi connectivity index (χ1v) is 4.44. The third-order valence-electron chi connectivity index (χ3n) is 3.34. The Kier molecular flexibility index (Phi) is 1.31. The summed E-state index contributed by atoms with van der Waals surface area (Å²) in [6.45, 7) is 3.29. The Bertz CT molecular complexity index is 128. The Hall–Kier alpha value is -0.0400. The van der Waals surface area contributed by atoms with Gasteiger partial charge in [0.2, 0.25) is 0 Å². The van der Waals surface area contributed by atoms with Crippen molar-refractivity contribution in [2.45, 2.75) is 32.6 Å². The average Bonchev–Trinajstić information content (AvgIpc) is 1.74. The Balaban J connectivity index is 1.80. The van der Waals surface area contributed by atoms with Crippen LogP contribution in [0, 0.1) is 17.3 Å². The van der Waals surface area contributed by atoms with Crippen molar-refractivity contribution in [1.29, 1.82) is 0 Å². The molecule has 0 aliphatic heterocycles. The van der Waals surface area contributed by atoms with Crippen LogP contribution in [-0.2, 0) is 0 Å². The molecule has 0 aromatic heterocycles. The van der Waals surface area contributed by atoms with Crippen molar-refractivity contribution in [1.82, 2.24) is 0 Å². The second-order valence-corrected chi connectivity index (χ2v) is 4.52. The molecule has 2 aliphatic carbocycles. The summed E-state index contributed by atoms with van der Waals surface area (Å²) >= 11 is 0. The fourth-order valence-corrected chi connectivity index (χ4v) is 3.08. The maximum atomic E-state index is 5.57. The zero-order valence-corrected chi connectivity index (χ0v) is 6.77. The Morgan fingerprint density at radius 2 is 1.90 bits per heavy atom. The van der Waals surface area contributed by atoms with Gasteiger partial charge in [0.1, 0.15) is 0 Å². The van der Waals surface area contributed by atoms with Crippen molar-refractivity contribution in [2.24, 2.45) is 23.0 Å². The molecule has 58 valence electrons. The Labute approximate surface area is 63.0 Å². The highest BCUT2D eigenvalue weighted by Crippen LogP contribution is 2.60. The van der Waals surface area contributed by atoms with E-state index >= 15 is 0 Å². The molecule has 0 bridgehead atoms. The summed E-state index contributed by atoms with van der Waals surface area (Å²) in [6, 6.07) is 0. The van der Waals surface area contributed by atoms with Gasteiger partial charge in [-0.15, -0.1) is 0 Å².